The Morgan fingerprint density at radius 2 is 1.86 bits per heavy atom. The second-order valence-corrected chi connectivity index (χ2v) is 8.08. The van der Waals surface area contributed by atoms with Gasteiger partial charge in [-0.1, -0.05) is 12.1 Å². The van der Waals surface area contributed by atoms with Crippen LogP contribution in [-0.2, 0) is 0 Å². The van der Waals surface area contributed by atoms with Crippen molar-refractivity contribution in [3.05, 3.63) is 29.8 Å². The van der Waals surface area contributed by atoms with Gasteiger partial charge >= 0.3 is 0 Å². The van der Waals surface area contributed by atoms with Crippen molar-refractivity contribution in [1.29, 1.82) is 0 Å². The molecule has 29 heavy (non-hydrogen) atoms. The summed E-state index contributed by atoms with van der Waals surface area (Å²) in [4.78, 5) is 10.1. The second-order valence-electron chi connectivity index (χ2n) is 8.08. The molecule has 1 atom stereocenters. The number of benzene rings is 1. The summed E-state index contributed by atoms with van der Waals surface area (Å²) in [6.07, 6.45) is 6.44. The Morgan fingerprint density at radius 1 is 1.10 bits per heavy atom. The molecule has 0 aromatic heterocycles. The third kappa shape index (κ3) is 6.89. The molecule has 6 nitrogen and oxygen atoms in total. The highest BCUT2D eigenvalue weighted by molar-refractivity contribution is 5.79. The summed E-state index contributed by atoms with van der Waals surface area (Å²) in [5, 5.41) is 6.95. The van der Waals surface area contributed by atoms with Crippen LogP contribution in [0.3, 0.4) is 0 Å². The van der Waals surface area contributed by atoms with Crippen LogP contribution in [0.4, 0.5) is 0 Å². The van der Waals surface area contributed by atoms with E-state index in [1.807, 2.05) is 6.07 Å². The van der Waals surface area contributed by atoms with E-state index in [1.165, 1.54) is 50.9 Å². The van der Waals surface area contributed by atoms with Gasteiger partial charge in [0.1, 0.15) is 5.75 Å². The van der Waals surface area contributed by atoms with Crippen molar-refractivity contribution in [3.63, 3.8) is 0 Å². The standard InChI is InChI=1S/C23H39N5O/c1-3-24-23(25-12-9-15-27-13-4-5-14-27)26-19-22(28-16-6-7-17-28)20-10-8-11-21(18-20)29-2/h8,10-11,18,22H,3-7,9,12-17,19H2,1-2H3,(H2,24,25,26). The molecule has 0 spiro atoms. The number of guanidine groups is 1. The molecule has 2 heterocycles. The number of methoxy groups -OCH3 is 1. The monoisotopic (exact) mass is 401 g/mol. The third-order valence-electron chi connectivity index (χ3n) is 5.97. The van der Waals surface area contributed by atoms with E-state index in [2.05, 4.69) is 45.6 Å². The number of hydrogen-bond donors (Lipinski definition) is 2. The van der Waals surface area contributed by atoms with E-state index in [9.17, 15) is 0 Å². The minimum absolute atomic E-state index is 0.299. The molecular weight excluding hydrogens is 362 g/mol. The molecule has 2 N–H and O–H groups in total. The van der Waals surface area contributed by atoms with Crippen molar-refractivity contribution in [2.24, 2.45) is 4.99 Å². The highest BCUT2D eigenvalue weighted by Gasteiger charge is 2.23. The van der Waals surface area contributed by atoms with Crippen LogP contribution in [0.25, 0.3) is 0 Å². The van der Waals surface area contributed by atoms with Crippen molar-refractivity contribution in [2.75, 3.05) is 59.5 Å². The summed E-state index contributed by atoms with van der Waals surface area (Å²) in [5.41, 5.74) is 1.29. The number of rotatable bonds is 10. The summed E-state index contributed by atoms with van der Waals surface area (Å²) in [6.45, 7) is 10.8. The van der Waals surface area contributed by atoms with Gasteiger partial charge in [-0.3, -0.25) is 9.89 Å². The molecule has 162 valence electrons. The van der Waals surface area contributed by atoms with Crippen molar-refractivity contribution in [2.45, 2.75) is 45.1 Å². The Labute approximate surface area is 176 Å². The lowest BCUT2D eigenvalue weighted by Gasteiger charge is -2.27. The Balaban J connectivity index is 1.59. The first-order valence-electron chi connectivity index (χ1n) is 11.4. The van der Waals surface area contributed by atoms with E-state index in [4.69, 9.17) is 9.73 Å². The molecule has 1 aromatic rings. The van der Waals surface area contributed by atoms with E-state index >= 15 is 0 Å². The number of nitrogens with zero attached hydrogens (tertiary/aromatic N) is 3. The minimum atomic E-state index is 0.299. The maximum Gasteiger partial charge on any atom is 0.191 e. The number of likely N-dealkylation sites (tertiary alicyclic amines) is 2. The molecule has 2 aliphatic rings. The molecule has 6 heteroatoms. The quantitative estimate of drug-likeness (QED) is 0.359. The van der Waals surface area contributed by atoms with Gasteiger partial charge in [0.2, 0.25) is 0 Å². The van der Waals surface area contributed by atoms with Crippen LogP contribution < -0.4 is 15.4 Å². The first-order chi connectivity index (χ1) is 14.3. The van der Waals surface area contributed by atoms with Crippen molar-refractivity contribution >= 4 is 5.96 Å². The smallest absolute Gasteiger partial charge is 0.191 e. The summed E-state index contributed by atoms with van der Waals surface area (Å²) < 4.78 is 5.46. The third-order valence-corrected chi connectivity index (χ3v) is 5.97. The van der Waals surface area contributed by atoms with Crippen molar-refractivity contribution in [3.8, 4) is 5.75 Å². The Kier molecular flexibility index (Phi) is 9.09. The predicted molar refractivity (Wildman–Crippen MR) is 121 cm³/mol. The first kappa shape index (κ1) is 21.9. The van der Waals surface area contributed by atoms with Gasteiger partial charge in [0.05, 0.1) is 19.7 Å². The van der Waals surface area contributed by atoms with Crippen LogP contribution in [0, 0.1) is 0 Å². The fourth-order valence-corrected chi connectivity index (χ4v) is 4.37. The molecule has 2 aliphatic heterocycles. The van der Waals surface area contributed by atoms with E-state index in [1.54, 1.807) is 7.11 Å². The number of nitrogens with one attached hydrogen (secondary N) is 2. The summed E-state index contributed by atoms with van der Waals surface area (Å²) in [5.74, 6) is 1.85. The fraction of sp³-hybridized carbons (Fsp3) is 0.696. The van der Waals surface area contributed by atoms with Crippen LogP contribution >= 0.6 is 0 Å². The molecule has 0 saturated carbocycles. The van der Waals surface area contributed by atoms with Crippen molar-refractivity contribution in [1.82, 2.24) is 20.4 Å². The van der Waals surface area contributed by atoms with E-state index in [-0.39, 0.29) is 0 Å². The zero-order valence-electron chi connectivity index (χ0n) is 18.3. The highest BCUT2D eigenvalue weighted by atomic mass is 16.5. The van der Waals surface area contributed by atoms with E-state index < -0.39 is 0 Å². The van der Waals surface area contributed by atoms with Gasteiger partial charge in [-0.25, -0.2) is 0 Å². The zero-order chi connectivity index (χ0) is 20.3. The maximum absolute atomic E-state index is 5.46. The zero-order valence-corrected chi connectivity index (χ0v) is 18.3. The van der Waals surface area contributed by atoms with Crippen LogP contribution in [0.2, 0.25) is 0 Å². The lowest BCUT2D eigenvalue weighted by Crippen LogP contribution is -2.39. The average Bonchev–Trinajstić information content (AvgIpc) is 3.46. The molecular formula is C23H39N5O. The van der Waals surface area contributed by atoms with Gasteiger partial charge in [0, 0.05) is 13.1 Å². The fourth-order valence-electron chi connectivity index (χ4n) is 4.37. The van der Waals surface area contributed by atoms with Gasteiger partial charge in [-0.2, -0.15) is 0 Å². The van der Waals surface area contributed by atoms with Gasteiger partial charge in [0.15, 0.2) is 5.96 Å². The van der Waals surface area contributed by atoms with E-state index in [0.717, 1.165) is 50.9 Å². The van der Waals surface area contributed by atoms with E-state index in [0.29, 0.717) is 6.04 Å². The minimum Gasteiger partial charge on any atom is -0.497 e. The summed E-state index contributed by atoms with van der Waals surface area (Å²) in [6, 6.07) is 8.77. The molecule has 0 amide bonds. The predicted octanol–water partition coefficient (Wildman–Crippen LogP) is 2.87. The second kappa shape index (κ2) is 12.0. The molecule has 2 saturated heterocycles. The largest absolute Gasteiger partial charge is 0.497 e. The number of ether oxygens (including phenoxy) is 1. The van der Waals surface area contributed by atoms with Gasteiger partial charge in [-0.05, 0) is 89.4 Å². The lowest BCUT2D eigenvalue weighted by atomic mass is 10.1. The molecule has 0 radical (unpaired) electrons. The maximum atomic E-state index is 5.46. The Morgan fingerprint density at radius 3 is 2.59 bits per heavy atom. The first-order valence-corrected chi connectivity index (χ1v) is 11.4. The average molecular weight is 402 g/mol. The van der Waals surface area contributed by atoms with Crippen molar-refractivity contribution < 1.29 is 4.74 Å². The normalized spacial score (nSPS) is 19.4. The van der Waals surface area contributed by atoms with Gasteiger partial charge in [0.25, 0.3) is 0 Å². The van der Waals surface area contributed by atoms with Crippen LogP contribution in [0.1, 0.15) is 50.6 Å². The molecule has 3 rings (SSSR count). The lowest BCUT2D eigenvalue weighted by molar-refractivity contribution is 0.251. The SMILES string of the molecule is CCNC(=NCC(c1cccc(OC)c1)N1CCCC1)NCCCN1CCCC1. The molecule has 2 fully saturated rings. The van der Waals surface area contributed by atoms with Crippen LogP contribution in [-0.4, -0.2) is 75.2 Å². The van der Waals surface area contributed by atoms with Gasteiger partial charge in [-0.15, -0.1) is 0 Å². The van der Waals surface area contributed by atoms with Crippen LogP contribution in [0.5, 0.6) is 5.75 Å². The molecule has 1 aromatic carbocycles. The number of aliphatic imine (C=N–C) groups is 1. The summed E-state index contributed by atoms with van der Waals surface area (Å²) in [7, 11) is 1.73. The van der Waals surface area contributed by atoms with Crippen LogP contribution in [0.15, 0.2) is 29.3 Å². The Bertz CT molecular complexity index is 623. The summed E-state index contributed by atoms with van der Waals surface area (Å²) >= 11 is 0. The Hall–Kier alpha value is -1.79. The van der Waals surface area contributed by atoms with Gasteiger partial charge < -0.3 is 20.3 Å². The topological polar surface area (TPSA) is 52.1 Å². The molecule has 0 bridgehead atoms. The number of hydrogen-bond acceptors (Lipinski definition) is 4. The highest BCUT2D eigenvalue weighted by Crippen LogP contribution is 2.27. The molecule has 0 aliphatic carbocycles. The molecule has 1 unspecified atom stereocenters.